The lowest BCUT2D eigenvalue weighted by atomic mass is 9.93. The number of amides is 1. The van der Waals surface area contributed by atoms with Crippen LogP contribution in [0.15, 0.2) is 30.3 Å². The topological polar surface area (TPSA) is 57.2 Å². The third kappa shape index (κ3) is 3.52. The van der Waals surface area contributed by atoms with E-state index in [0.29, 0.717) is 35.1 Å². The fraction of sp³-hybridized carbons (Fsp3) is 0.381. The maximum Gasteiger partial charge on any atom is 0.254 e. The number of carbonyl (C=O) groups is 1. The van der Waals surface area contributed by atoms with Crippen molar-refractivity contribution in [1.82, 2.24) is 4.90 Å². The van der Waals surface area contributed by atoms with Gasteiger partial charge in [0.05, 0.1) is 28.4 Å². The fourth-order valence-electron chi connectivity index (χ4n) is 3.48. The van der Waals surface area contributed by atoms with E-state index in [4.69, 9.17) is 18.9 Å². The lowest BCUT2D eigenvalue weighted by molar-refractivity contribution is 0.0657. The van der Waals surface area contributed by atoms with Crippen molar-refractivity contribution >= 4 is 5.91 Å². The molecule has 1 atom stereocenters. The highest BCUT2D eigenvalue weighted by Gasteiger charge is 2.29. The summed E-state index contributed by atoms with van der Waals surface area (Å²) < 4.78 is 21.4. The Morgan fingerprint density at radius 1 is 0.852 bits per heavy atom. The molecule has 1 unspecified atom stereocenters. The van der Waals surface area contributed by atoms with Gasteiger partial charge in [0.15, 0.2) is 23.0 Å². The molecule has 0 N–H and O–H groups in total. The second-order valence-corrected chi connectivity index (χ2v) is 6.53. The molecule has 1 amide bonds. The normalized spacial score (nSPS) is 15.7. The molecule has 0 spiro atoms. The average molecular weight is 371 g/mol. The standard InChI is InChI=1S/C21H25NO5/c1-13-8-15-10-19(26-4)20(27-5)11-16(15)12-22(13)21(23)14-6-7-17(24-2)18(9-14)25-3/h6-7,9-11,13H,8,12H2,1-5H3. The molecule has 2 aromatic rings. The first kappa shape index (κ1) is 18.9. The minimum atomic E-state index is -0.0381. The second-order valence-electron chi connectivity index (χ2n) is 6.53. The lowest BCUT2D eigenvalue weighted by Gasteiger charge is -2.35. The third-order valence-electron chi connectivity index (χ3n) is 4.99. The van der Waals surface area contributed by atoms with Gasteiger partial charge in [0.2, 0.25) is 0 Å². The van der Waals surface area contributed by atoms with Crippen LogP contribution in [-0.2, 0) is 13.0 Å². The predicted octanol–water partition coefficient (Wildman–Crippen LogP) is 3.31. The Morgan fingerprint density at radius 3 is 2.00 bits per heavy atom. The van der Waals surface area contributed by atoms with Crippen LogP contribution in [-0.4, -0.2) is 45.3 Å². The van der Waals surface area contributed by atoms with E-state index in [1.165, 1.54) is 5.56 Å². The number of rotatable bonds is 5. The Kier molecular flexibility index (Phi) is 5.44. The molecule has 0 radical (unpaired) electrons. The van der Waals surface area contributed by atoms with Crippen molar-refractivity contribution in [3.05, 3.63) is 47.0 Å². The Balaban J connectivity index is 1.91. The molecule has 0 aromatic heterocycles. The zero-order chi connectivity index (χ0) is 19.6. The van der Waals surface area contributed by atoms with Crippen molar-refractivity contribution in [2.45, 2.75) is 25.9 Å². The van der Waals surface area contributed by atoms with E-state index in [-0.39, 0.29) is 11.9 Å². The Bertz CT molecular complexity index is 849. The highest BCUT2D eigenvalue weighted by atomic mass is 16.5. The number of hydrogen-bond donors (Lipinski definition) is 0. The molecule has 0 saturated carbocycles. The number of methoxy groups -OCH3 is 4. The van der Waals surface area contributed by atoms with Crippen LogP contribution in [0.4, 0.5) is 0 Å². The second kappa shape index (κ2) is 7.78. The van der Waals surface area contributed by atoms with E-state index in [1.54, 1.807) is 46.6 Å². The number of ether oxygens (including phenoxy) is 4. The van der Waals surface area contributed by atoms with Crippen molar-refractivity contribution < 1.29 is 23.7 Å². The molecule has 3 rings (SSSR count). The first-order valence-electron chi connectivity index (χ1n) is 8.79. The van der Waals surface area contributed by atoms with E-state index >= 15 is 0 Å². The summed E-state index contributed by atoms with van der Waals surface area (Å²) >= 11 is 0. The zero-order valence-electron chi connectivity index (χ0n) is 16.4. The largest absolute Gasteiger partial charge is 0.493 e. The van der Waals surface area contributed by atoms with Crippen molar-refractivity contribution in [3.63, 3.8) is 0 Å². The van der Waals surface area contributed by atoms with E-state index < -0.39 is 0 Å². The summed E-state index contributed by atoms with van der Waals surface area (Å²) in [5.74, 6) is 2.49. The van der Waals surface area contributed by atoms with Gasteiger partial charge in [-0.25, -0.2) is 0 Å². The van der Waals surface area contributed by atoms with Gasteiger partial charge in [0, 0.05) is 18.2 Å². The van der Waals surface area contributed by atoms with Crippen LogP contribution in [0.2, 0.25) is 0 Å². The van der Waals surface area contributed by atoms with Gasteiger partial charge in [-0.05, 0) is 54.8 Å². The highest BCUT2D eigenvalue weighted by Crippen LogP contribution is 2.35. The van der Waals surface area contributed by atoms with Crippen molar-refractivity contribution in [2.75, 3.05) is 28.4 Å². The predicted molar refractivity (Wildman–Crippen MR) is 102 cm³/mol. The summed E-state index contributed by atoms with van der Waals surface area (Å²) in [6.07, 6.45) is 0.759. The van der Waals surface area contributed by atoms with Gasteiger partial charge in [0.25, 0.3) is 5.91 Å². The molecule has 1 aliphatic rings. The smallest absolute Gasteiger partial charge is 0.254 e. The van der Waals surface area contributed by atoms with Crippen molar-refractivity contribution in [2.24, 2.45) is 0 Å². The fourth-order valence-corrected chi connectivity index (χ4v) is 3.48. The van der Waals surface area contributed by atoms with Crippen LogP contribution in [0.5, 0.6) is 23.0 Å². The summed E-state index contributed by atoms with van der Waals surface area (Å²) in [5, 5.41) is 0. The molecular formula is C21H25NO5. The van der Waals surface area contributed by atoms with E-state index in [9.17, 15) is 4.79 Å². The third-order valence-corrected chi connectivity index (χ3v) is 4.99. The molecule has 0 fully saturated rings. The maximum absolute atomic E-state index is 13.1. The molecule has 6 nitrogen and oxygen atoms in total. The molecule has 2 aromatic carbocycles. The first-order chi connectivity index (χ1) is 13.0. The molecule has 1 heterocycles. The van der Waals surface area contributed by atoms with Gasteiger partial charge in [-0.2, -0.15) is 0 Å². The van der Waals surface area contributed by atoms with Crippen molar-refractivity contribution in [1.29, 1.82) is 0 Å². The molecule has 27 heavy (non-hydrogen) atoms. The first-order valence-corrected chi connectivity index (χ1v) is 8.79. The Labute approximate surface area is 159 Å². The summed E-state index contributed by atoms with van der Waals surface area (Å²) in [6, 6.07) is 9.26. The maximum atomic E-state index is 13.1. The lowest BCUT2D eigenvalue weighted by Crippen LogP contribution is -2.42. The number of carbonyl (C=O) groups excluding carboxylic acids is 1. The quantitative estimate of drug-likeness (QED) is 0.807. The van der Waals surface area contributed by atoms with Crippen molar-refractivity contribution in [3.8, 4) is 23.0 Å². The molecule has 0 bridgehead atoms. The van der Waals surface area contributed by atoms with Crippen LogP contribution < -0.4 is 18.9 Å². The zero-order valence-corrected chi connectivity index (χ0v) is 16.4. The number of nitrogens with zero attached hydrogens (tertiary/aromatic N) is 1. The Hall–Kier alpha value is -2.89. The van der Waals surface area contributed by atoms with Gasteiger partial charge < -0.3 is 23.8 Å². The van der Waals surface area contributed by atoms with E-state index in [1.807, 2.05) is 17.0 Å². The SMILES string of the molecule is COc1ccc(C(=O)N2Cc3cc(OC)c(OC)cc3CC2C)cc1OC. The van der Waals surface area contributed by atoms with Gasteiger partial charge in [-0.15, -0.1) is 0 Å². The van der Waals surface area contributed by atoms with Gasteiger partial charge in [-0.1, -0.05) is 0 Å². The number of fused-ring (bicyclic) bond motifs is 1. The van der Waals surface area contributed by atoms with E-state index in [0.717, 1.165) is 12.0 Å². The summed E-state index contributed by atoms with van der Waals surface area (Å²) in [6.45, 7) is 2.57. The van der Waals surface area contributed by atoms with Crippen LogP contribution in [0.25, 0.3) is 0 Å². The molecule has 0 aliphatic carbocycles. The molecule has 144 valence electrons. The van der Waals surface area contributed by atoms with Gasteiger partial charge >= 0.3 is 0 Å². The van der Waals surface area contributed by atoms with Crippen LogP contribution in [0, 0.1) is 0 Å². The summed E-state index contributed by atoms with van der Waals surface area (Å²) in [5.41, 5.74) is 2.82. The van der Waals surface area contributed by atoms with Crippen LogP contribution >= 0.6 is 0 Å². The molecular weight excluding hydrogens is 346 g/mol. The van der Waals surface area contributed by atoms with Crippen LogP contribution in [0.1, 0.15) is 28.4 Å². The summed E-state index contributed by atoms with van der Waals surface area (Å²) in [4.78, 5) is 15.0. The van der Waals surface area contributed by atoms with Gasteiger partial charge in [0.1, 0.15) is 0 Å². The molecule has 6 heteroatoms. The molecule has 0 saturated heterocycles. The number of hydrogen-bond acceptors (Lipinski definition) is 5. The Morgan fingerprint density at radius 2 is 1.41 bits per heavy atom. The highest BCUT2D eigenvalue weighted by molar-refractivity contribution is 5.95. The average Bonchev–Trinajstić information content (AvgIpc) is 2.71. The molecule has 1 aliphatic heterocycles. The minimum Gasteiger partial charge on any atom is -0.493 e. The van der Waals surface area contributed by atoms with E-state index in [2.05, 4.69) is 6.92 Å². The van der Waals surface area contributed by atoms with Gasteiger partial charge in [-0.3, -0.25) is 4.79 Å². The number of benzene rings is 2. The van der Waals surface area contributed by atoms with Crippen LogP contribution in [0.3, 0.4) is 0 Å². The minimum absolute atomic E-state index is 0.0381. The summed E-state index contributed by atoms with van der Waals surface area (Å²) in [7, 11) is 6.38. The monoisotopic (exact) mass is 371 g/mol.